The van der Waals surface area contributed by atoms with Gasteiger partial charge in [-0.05, 0) is 46.0 Å². The van der Waals surface area contributed by atoms with Crippen LogP contribution >= 0.6 is 0 Å². The summed E-state index contributed by atoms with van der Waals surface area (Å²) in [5.74, 6) is -2.30. The van der Waals surface area contributed by atoms with Crippen LogP contribution in [-0.4, -0.2) is 34.2 Å². The molecule has 0 radical (unpaired) electrons. The topological polar surface area (TPSA) is 101 Å². The van der Waals surface area contributed by atoms with Gasteiger partial charge in [0.2, 0.25) is 0 Å². The van der Waals surface area contributed by atoms with E-state index in [0.29, 0.717) is 5.57 Å². The van der Waals surface area contributed by atoms with E-state index in [4.69, 9.17) is 14.9 Å². The van der Waals surface area contributed by atoms with Crippen LogP contribution in [0, 0.1) is 5.41 Å². The number of hydrogen-bond donors (Lipinski definition) is 2. The lowest BCUT2D eigenvalue weighted by molar-refractivity contribution is -0.146. The second-order valence-electron chi connectivity index (χ2n) is 6.70. The first-order valence-corrected chi connectivity index (χ1v) is 8.37. The minimum absolute atomic E-state index is 0.0359. The fraction of sp³-hybridized carbons (Fsp3) is 0.526. The fourth-order valence-electron chi connectivity index (χ4n) is 2.62. The maximum Gasteiger partial charge on any atom is 0.333 e. The first-order chi connectivity index (χ1) is 11.7. The number of carbonyl (C=O) groups excluding carboxylic acids is 1. The Balaban J connectivity index is 0.000000251. The van der Waals surface area contributed by atoms with E-state index in [0.717, 1.165) is 12.8 Å². The molecule has 25 heavy (non-hydrogen) atoms. The zero-order valence-electron chi connectivity index (χ0n) is 14.8. The smallest absolute Gasteiger partial charge is 0.333 e. The molecule has 0 saturated heterocycles. The Morgan fingerprint density at radius 3 is 2.28 bits per heavy atom. The van der Waals surface area contributed by atoms with Crippen molar-refractivity contribution in [2.45, 2.75) is 58.5 Å². The number of carboxylic acid groups (broad SMARTS) is 2. The summed E-state index contributed by atoms with van der Waals surface area (Å²) in [7, 11) is 0. The predicted octanol–water partition coefficient (Wildman–Crippen LogP) is 3.49. The van der Waals surface area contributed by atoms with Crippen LogP contribution in [0.25, 0.3) is 0 Å². The Morgan fingerprint density at radius 2 is 1.80 bits per heavy atom. The van der Waals surface area contributed by atoms with Crippen molar-refractivity contribution in [1.29, 1.82) is 0 Å². The molecule has 0 spiro atoms. The van der Waals surface area contributed by atoms with Gasteiger partial charge in [-0.3, -0.25) is 4.79 Å². The summed E-state index contributed by atoms with van der Waals surface area (Å²) in [6.45, 7) is 6.73. The van der Waals surface area contributed by atoms with Gasteiger partial charge in [-0.1, -0.05) is 31.2 Å². The number of allylic oxidation sites excluding steroid dienone is 2. The molecule has 0 aromatic heterocycles. The molecule has 0 aliphatic heterocycles. The summed E-state index contributed by atoms with van der Waals surface area (Å²) in [4.78, 5) is 32.4. The molecule has 1 unspecified atom stereocenters. The van der Waals surface area contributed by atoms with Crippen molar-refractivity contribution in [2.75, 3.05) is 0 Å². The highest BCUT2D eigenvalue weighted by Gasteiger charge is 2.34. The first-order valence-electron chi connectivity index (χ1n) is 8.37. The van der Waals surface area contributed by atoms with E-state index < -0.39 is 17.4 Å². The normalized spacial score (nSPS) is 22.9. The molecule has 6 heteroatoms. The predicted molar refractivity (Wildman–Crippen MR) is 93.0 cm³/mol. The van der Waals surface area contributed by atoms with Gasteiger partial charge in [-0.15, -0.1) is 0 Å². The second kappa shape index (κ2) is 9.20. The van der Waals surface area contributed by atoms with Gasteiger partial charge in [0.15, 0.2) is 0 Å². The number of hydrogen-bond acceptors (Lipinski definition) is 4. The average molecular weight is 350 g/mol. The van der Waals surface area contributed by atoms with Crippen LogP contribution in [-0.2, 0) is 19.1 Å². The summed E-state index contributed by atoms with van der Waals surface area (Å²) >= 11 is 0. The van der Waals surface area contributed by atoms with E-state index in [1.807, 2.05) is 0 Å². The standard InChI is InChI=1S/C10H16O2.C9H10O4/c1-8(2)10(11)12-9-6-4-3-5-7-9;1-9(8(12)13)4-2-3-6(5-9)7(10)11/h9H,1,3-7H2,2H3;2-4H,5H2,1H3,(H,10,11)(H,12,13). The monoisotopic (exact) mass is 350 g/mol. The van der Waals surface area contributed by atoms with Crippen LogP contribution in [0.2, 0.25) is 0 Å². The minimum atomic E-state index is -1.08. The molecule has 1 fully saturated rings. The highest BCUT2D eigenvalue weighted by atomic mass is 16.5. The molecule has 0 aromatic rings. The molecule has 0 aromatic carbocycles. The molecule has 0 heterocycles. The SMILES string of the molecule is C=C(C)C(=O)OC1CCCCC1.CC1(C(=O)O)C=CC=C(C(=O)O)C1. The van der Waals surface area contributed by atoms with Crippen LogP contribution in [0.5, 0.6) is 0 Å². The van der Waals surface area contributed by atoms with Crippen LogP contribution in [0.3, 0.4) is 0 Å². The zero-order chi connectivity index (χ0) is 19.0. The van der Waals surface area contributed by atoms with Crippen molar-refractivity contribution in [1.82, 2.24) is 0 Å². The number of carboxylic acids is 2. The fourth-order valence-corrected chi connectivity index (χ4v) is 2.62. The Labute approximate surface area is 147 Å². The Bertz CT molecular complexity index is 595. The van der Waals surface area contributed by atoms with E-state index in [2.05, 4.69) is 6.58 Å². The van der Waals surface area contributed by atoms with Gasteiger partial charge in [0.05, 0.1) is 5.41 Å². The van der Waals surface area contributed by atoms with Crippen molar-refractivity contribution >= 4 is 17.9 Å². The molecular formula is C19H26O6. The first kappa shape index (κ1) is 20.7. The van der Waals surface area contributed by atoms with Crippen molar-refractivity contribution in [2.24, 2.45) is 5.41 Å². The zero-order valence-corrected chi connectivity index (χ0v) is 14.8. The van der Waals surface area contributed by atoms with Gasteiger partial charge >= 0.3 is 17.9 Å². The lowest BCUT2D eigenvalue weighted by Crippen LogP contribution is -2.28. The van der Waals surface area contributed by atoms with Crippen molar-refractivity contribution in [3.05, 3.63) is 36.0 Å². The van der Waals surface area contributed by atoms with E-state index >= 15 is 0 Å². The number of rotatable bonds is 4. The maximum absolute atomic E-state index is 11.1. The van der Waals surface area contributed by atoms with Crippen LogP contribution in [0.15, 0.2) is 36.0 Å². The van der Waals surface area contributed by atoms with Crippen LogP contribution < -0.4 is 0 Å². The minimum Gasteiger partial charge on any atom is -0.481 e. The van der Waals surface area contributed by atoms with Gasteiger partial charge in [-0.2, -0.15) is 0 Å². The summed E-state index contributed by atoms with van der Waals surface area (Å²) in [6.07, 6.45) is 10.3. The molecule has 138 valence electrons. The van der Waals surface area contributed by atoms with Crippen molar-refractivity contribution in [3.63, 3.8) is 0 Å². The third kappa shape index (κ3) is 6.57. The molecule has 0 amide bonds. The van der Waals surface area contributed by atoms with Gasteiger partial charge in [0.1, 0.15) is 6.10 Å². The van der Waals surface area contributed by atoms with Gasteiger partial charge in [0, 0.05) is 11.1 Å². The Hall–Kier alpha value is -2.37. The van der Waals surface area contributed by atoms with Crippen LogP contribution in [0.1, 0.15) is 52.4 Å². The third-order valence-electron chi connectivity index (χ3n) is 4.26. The highest BCUT2D eigenvalue weighted by Crippen LogP contribution is 2.31. The quantitative estimate of drug-likeness (QED) is 0.594. The average Bonchev–Trinajstić information content (AvgIpc) is 2.56. The Morgan fingerprint density at radius 1 is 1.20 bits per heavy atom. The summed E-state index contributed by atoms with van der Waals surface area (Å²) < 4.78 is 5.21. The third-order valence-corrected chi connectivity index (χ3v) is 4.26. The van der Waals surface area contributed by atoms with Gasteiger partial charge < -0.3 is 14.9 Å². The van der Waals surface area contributed by atoms with E-state index in [-0.39, 0.29) is 24.1 Å². The van der Waals surface area contributed by atoms with Gasteiger partial charge in [-0.25, -0.2) is 9.59 Å². The van der Waals surface area contributed by atoms with E-state index in [1.165, 1.54) is 44.4 Å². The molecule has 1 atom stereocenters. The molecule has 1 saturated carbocycles. The van der Waals surface area contributed by atoms with Crippen molar-refractivity contribution < 1.29 is 29.3 Å². The number of ether oxygens (including phenoxy) is 1. The number of aliphatic carboxylic acids is 2. The number of carbonyl (C=O) groups is 3. The van der Waals surface area contributed by atoms with Crippen molar-refractivity contribution in [3.8, 4) is 0 Å². The summed E-state index contributed by atoms with van der Waals surface area (Å²) in [5.41, 5.74) is -0.448. The largest absolute Gasteiger partial charge is 0.481 e. The second-order valence-corrected chi connectivity index (χ2v) is 6.70. The summed E-state index contributed by atoms with van der Waals surface area (Å²) in [6, 6.07) is 0. The molecule has 2 aliphatic rings. The molecule has 2 N–H and O–H groups in total. The molecule has 0 bridgehead atoms. The van der Waals surface area contributed by atoms with E-state index in [1.54, 1.807) is 6.92 Å². The van der Waals surface area contributed by atoms with Crippen LogP contribution in [0.4, 0.5) is 0 Å². The van der Waals surface area contributed by atoms with Gasteiger partial charge in [0.25, 0.3) is 0 Å². The molecule has 2 rings (SSSR count). The molecular weight excluding hydrogens is 324 g/mol. The lowest BCUT2D eigenvalue weighted by Gasteiger charge is -2.23. The maximum atomic E-state index is 11.1. The Kier molecular flexibility index (Phi) is 7.61. The molecule has 2 aliphatic carbocycles. The number of esters is 1. The highest BCUT2D eigenvalue weighted by molar-refractivity contribution is 5.90. The van der Waals surface area contributed by atoms with E-state index in [9.17, 15) is 14.4 Å². The summed E-state index contributed by atoms with van der Waals surface area (Å²) in [5, 5.41) is 17.5. The lowest BCUT2D eigenvalue weighted by atomic mass is 9.80. The molecule has 6 nitrogen and oxygen atoms in total.